The maximum absolute atomic E-state index is 12.3. The lowest BCUT2D eigenvalue weighted by Crippen LogP contribution is -2.44. The Bertz CT molecular complexity index is 626. The number of rotatable bonds is 5. The number of unbranched alkanes of at least 4 members (excludes halogenated alkanes) is 1. The lowest BCUT2D eigenvalue weighted by molar-refractivity contribution is 0.185. The summed E-state index contributed by atoms with van der Waals surface area (Å²) in [5.41, 5.74) is 5.28. The average Bonchev–Trinajstić information content (AvgIpc) is 2.88. The average molecular weight is 296 g/mol. The molecule has 0 radical (unpaired) electrons. The summed E-state index contributed by atoms with van der Waals surface area (Å²) in [5.74, 6) is 0.213. The predicted octanol–water partition coefficient (Wildman–Crippen LogP) is 0.520. The van der Waals surface area contributed by atoms with Crippen molar-refractivity contribution in [2.24, 2.45) is 7.05 Å². The predicted molar refractivity (Wildman–Crippen MR) is 82.7 cm³/mol. The standard InChI is InChI=1S/C14H24N4O3/c1-4-5-7-18-11(15)10(12(19)17(3)13(18)20)16-14(2)6-8-21-9-14/h16H,4-9,15H2,1-3H3. The van der Waals surface area contributed by atoms with E-state index < -0.39 is 5.56 Å². The summed E-state index contributed by atoms with van der Waals surface area (Å²) >= 11 is 0. The Kier molecular flexibility index (Phi) is 4.41. The highest BCUT2D eigenvalue weighted by Gasteiger charge is 2.31. The summed E-state index contributed by atoms with van der Waals surface area (Å²) in [5, 5.41) is 3.20. The van der Waals surface area contributed by atoms with Gasteiger partial charge in [0.25, 0.3) is 5.56 Å². The van der Waals surface area contributed by atoms with Crippen LogP contribution in [0.1, 0.15) is 33.1 Å². The van der Waals surface area contributed by atoms with Gasteiger partial charge in [0, 0.05) is 20.2 Å². The largest absolute Gasteiger partial charge is 0.383 e. The van der Waals surface area contributed by atoms with Crippen LogP contribution in [0.2, 0.25) is 0 Å². The van der Waals surface area contributed by atoms with Gasteiger partial charge >= 0.3 is 5.69 Å². The first-order valence-corrected chi connectivity index (χ1v) is 7.35. The van der Waals surface area contributed by atoms with Crippen molar-refractivity contribution in [2.45, 2.75) is 45.2 Å². The van der Waals surface area contributed by atoms with E-state index in [0.29, 0.717) is 25.4 Å². The summed E-state index contributed by atoms with van der Waals surface area (Å²) in [6, 6.07) is 0. The van der Waals surface area contributed by atoms with Crippen LogP contribution in [0.25, 0.3) is 0 Å². The Balaban J connectivity index is 2.47. The van der Waals surface area contributed by atoms with Gasteiger partial charge in [0.2, 0.25) is 0 Å². The molecule has 3 N–H and O–H groups in total. The highest BCUT2D eigenvalue weighted by atomic mass is 16.5. The van der Waals surface area contributed by atoms with Crippen LogP contribution < -0.4 is 22.3 Å². The molecule has 1 saturated heterocycles. The molecule has 0 amide bonds. The van der Waals surface area contributed by atoms with Crippen LogP contribution in [0.15, 0.2) is 9.59 Å². The van der Waals surface area contributed by atoms with Crippen LogP contribution in [0, 0.1) is 0 Å². The van der Waals surface area contributed by atoms with E-state index >= 15 is 0 Å². The van der Waals surface area contributed by atoms with Crippen LogP contribution in [0.3, 0.4) is 0 Å². The van der Waals surface area contributed by atoms with Gasteiger partial charge in [-0.25, -0.2) is 4.79 Å². The molecule has 1 aromatic heterocycles. The van der Waals surface area contributed by atoms with Crippen molar-refractivity contribution in [3.8, 4) is 0 Å². The lowest BCUT2D eigenvalue weighted by Gasteiger charge is -2.26. The van der Waals surface area contributed by atoms with Gasteiger partial charge < -0.3 is 15.8 Å². The molecule has 118 valence electrons. The third kappa shape index (κ3) is 2.97. The van der Waals surface area contributed by atoms with E-state index in [1.165, 1.54) is 11.6 Å². The summed E-state index contributed by atoms with van der Waals surface area (Å²) in [6.07, 6.45) is 2.58. The quantitative estimate of drug-likeness (QED) is 0.826. The van der Waals surface area contributed by atoms with E-state index in [1.807, 2.05) is 13.8 Å². The topological polar surface area (TPSA) is 91.3 Å². The monoisotopic (exact) mass is 296 g/mol. The minimum Gasteiger partial charge on any atom is -0.383 e. The van der Waals surface area contributed by atoms with Gasteiger partial charge in [-0.05, 0) is 19.8 Å². The first kappa shape index (κ1) is 15.6. The Labute approximate surface area is 123 Å². The SMILES string of the molecule is CCCCn1c(N)c(NC2(C)CCOC2)c(=O)n(C)c1=O. The number of nitrogen functional groups attached to an aromatic ring is 1. The van der Waals surface area contributed by atoms with Crippen molar-refractivity contribution >= 4 is 11.5 Å². The molecule has 1 aliphatic heterocycles. The van der Waals surface area contributed by atoms with E-state index in [4.69, 9.17) is 10.5 Å². The summed E-state index contributed by atoms with van der Waals surface area (Å²) < 4.78 is 7.95. The highest BCUT2D eigenvalue weighted by Crippen LogP contribution is 2.24. The normalized spacial score (nSPS) is 21.7. The molecular formula is C14H24N4O3. The van der Waals surface area contributed by atoms with Gasteiger partial charge in [-0.1, -0.05) is 13.3 Å². The molecular weight excluding hydrogens is 272 g/mol. The molecule has 0 bridgehead atoms. The van der Waals surface area contributed by atoms with Crippen molar-refractivity contribution in [2.75, 3.05) is 24.3 Å². The molecule has 1 fully saturated rings. The number of aromatic nitrogens is 2. The van der Waals surface area contributed by atoms with Gasteiger partial charge in [-0.15, -0.1) is 0 Å². The van der Waals surface area contributed by atoms with E-state index in [9.17, 15) is 9.59 Å². The van der Waals surface area contributed by atoms with Gasteiger partial charge in [-0.3, -0.25) is 13.9 Å². The molecule has 0 aliphatic carbocycles. The lowest BCUT2D eigenvalue weighted by atomic mass is 10.0. The molecule has 2 heterocycles. The second-order valence-electron chi connectivity index (χ2n) is 5.90. The van der Waals surface area contributed by atoms with E-state index in [2.05, 4.69) is 5.32 Å². The van der Waals surface area contributed by atoms with E-state index in [0.717, 1.165) is 23.8 Å². The molecule has 1 unspecified atom stereocenters. The zero-order valence-electron chi connectivity index (χ0n) is 12.9. The molecule has 1 aliphatic rings. The number of ether oxygens (including phenoxy) is 1. The van der Waals surface area contributed by atoms with Crippen LogP contribution in [-0.4, -0.2) is 27.9 Å². The molecule has 0 spiro atoms. The van der Waals surface area contributed by atoms with Gasteiger partial charge in [-0.2, -0.15) is 0 Å². The number of hydrogen-bond donors (Lipinski definition) is 2. The first-order chi connectivity index (χ1) is 9.89. The summed E-state index contributed by atoms with van der Waals surface area (Å²) in [6.45, 7) is 5.71. The second-order valence-corrected chi connectivity index (χ2v) is 5.90. The smallest absolute Gasteiger partial charge is 0.332 e. The molecule has 1 atom stereocenters. The van der Waals surface area contributed by atoms with Crippen molar-refractivity contribution in [1.82, 2.24) is 9.13 Å². The van der Waals surface area contributed by atoms with Crippen molar-refractivity contribution < 1.29 is 4.74 Å². The van der Waals surface area contributed by atoms with Crippen LogP contribution in [0.4, 0.5) is 11.5 Å². The molecule has 1 aromatic rings. The number of hydrogen-bond acceptors (Lipinski definition) is 5. The Morgan fingerprint density at radius 3 is 2.71 bits per heavy atom. The number of nitrogens with one attached hydrogen (secondary N) is 1. The minimum atomic E-state index is -0.390. The second kappa shape index (κ2) is 5.93. The summed E-state index contributed by atoms with van der Waals surface area (Å²) in [4.78, 5) is 24.5. The molecule has 0 aromatic carbocycles. The van der Waals surface area contributed by atoms with Crippen LogP contribution in [0.5, 0.6) is 0 Å². The van der Waals surface area contributed by atoms with Crippen molar-refractivity contribution in [3.63, 3.8) is 0 Å². The fraction of sp³-hybridized carbons (Fsp3) is 0.714. The molecule has 2 rings (SSSR count). The number of nitrogens with zero attached hydrogens (tertiary/aromatic N) is 2. The zero-order valence-corrected chi connectivity index (χ0v) is 12.9. The third-order valence-corrected chi connectivity index (χ3v) is 3.96. The fourth-order valence-corrected chi connectivity index (χ4v) is 2.50. The third-order valence-electron chi connectivity index (χ3n) is 3.96. The Morgan fingerprint density at radius 1 is 1.43 bits per heavy atom. The minimum absolute atomic E-state index is 0.213. The van der Waals surface area contributed by atoms with E-state index in [1.54, 1.807) is 0 Å². The molecule has 21 heavy (non-hydrogen) atoms. The highest BCUT2D eigenvalue weighted by molar-refractivity contribution is 5.62. The van der Waals surface area contributed by atoms with Crippen LogP contribution >= 0.6 is 0 Å². The molecule has 7 nitrogen and oxygen atoms in total. The van der Waals surface area contributed by atoms with Gasteiger partial charge in [0.15, 0.2) is 0 Å². The van der Waals surface area contributed by atoms with Crippen LogP contribution in [-0.2, 0) is 18.3 Å². The van der Waals surface area contributed by atoms with Gasteiger partial charge in [0.1, 0.15) is 11.5 Å². The van der Waals surface area contributed by atoms with E-state index in [-0.39, 0.29) is 17.0 Å². The summed E-state index contributed by atoms with van der Waals surface area (Å²) in [7, 11) is 1.48. The fourth-order valence-electron chi connectivity index (χ4n) is 2.50. The molecule has 7 heteroatoms. The number of anilines is 2. The van der Waals surface area contributed by atoms with Gasteiger partial charge in [0.05, 0.1) is 12.1 Å². The number of nitrogens with two attached hydrogens (primary N) is 1. The first-order valence-electron chi connectivity index (χ1n) is 7.35. The van der Waals surface area contributed by atoms with Crippen molar-refractivity contribution in [1.29, 1.82) is 0 Å². The van der Waals surface area contributed by atoms with Crippen molar-refractivity contribution in [3.05, 3.63) is 20.8 Å². The zero-order chi connectivity index (χ0) is 15.6. The Hall–Kier alpha value is -1.76. The Morgan fingerprint density at radius 2 is 2.14 bits per heavy atom. The maximum Gasteiger partial charge on any atom is 0.332 e. The maximum atomic E-state index is 12.3. The molecule has 0 saturated carbocycles.